The molecule has 0 spiro atoms. The maximum atomic E-state index is 12.4. The minimum absolute atomic E-state index is 0.238. The van der Waals surface area contributed by atoms with Crippen molar-refractivity contribution in [3.63, 3.8) is 0 Å². The van der Waals surface area contributed by atoms with Gasteiger partial charge in [0.15, 0.2) is 0 Å². The van der Waals surface area contributed by atoms with E-state index in [2.05, 4.69) is 11.9 Å². The molecule has 2 atom stereocenters. The van der Waals surface area contributed by atoms with Gasteiger partial charge in [-0.3, -0.25) is 4.79 Å². The highest BCUT2D eigenvalue weighted by Gasteiger charge is 2.57. The van der Waals surface area contributed by atoms with Gasteiger partial charge in [0.25, 0.3) is 0 Å². The van der Waals surface area contributed by atoms with Gasteiger partial charge in [-0.15, -0.1) is 0 Å². The summed E-state index contributed by atoms with van der Waals surface area (Å²) >= 11 is 0. The number of hydrogen-bond acceptors (Lipinski definition) is 2. The van der Waals surface area contributed by atoms with Crippen LogP contribution in [0.25, 0.3) is 5.65 Å². The van der Waals surface area contributed by atoms with Crippen molar-refractivity contribution in [1.29, 1.82) is 0 Å². The average molecular weight is 269 g/mol. The third kappa shape index (κ3) is 1.67. The Balaban J connectivity index is 1.56. The van der Waals surface area contributed by atoms with E-state index in [4.69, 9.17) is 0 Å². The highest BCUT2D eigenvalue weighted by atomic mass is 16.2. The van der Waals surface area contributed by atoms with Crippen LogP contribution in [0.3, 0.4) is 0 Å². The number of likely N-dealkylation sites (tertiary alicyclic amines) is 1. The number of aromatic nitrogens is 2. The van der Waals surface area contributed by atoms with Crippen molar-refractivity contribution < 1.29 is 4.79 Å². The van der Waals surface area contributed by atoms with E-state index in [1.54, 1.807) is 0 Å². The third-order valence-corrected chi connectivity index (χ3v) is 5.02. The summed E-state index contributed by atoms with van der Waals surface area (Å²) in [6, 6.07) is 4.05. The van der Waals surface area contributed by atoms with E-state index in [0.29, 0.717) is 11.8 Å². The van der Waals surface area contributed by atoms with Crippen molar-refractivity contribution in [1.82, 2.24) is 14.3 Å². The lowest BCUT2D eigenvalue weighted by Gasteiger charge is -2.19. The van der Waals surface area contributed by atoms with Crippen LogP contribution in [0.1, 0.15) is 24.6 Å². The first-order valence-electron chi connectivity index (χ1n) is 7.26. The Kier molecular flexibility index (Phi) is 2.29. The van der Waals surface area contributed by atoms with E-state index in [9.17, 15) is 4.79 Å². The molecule has 3 heterocycles. The molecule has 1 saturated heterocycles. The minimum atomic E-state index is 0.238. The molecule has 1 aliphatic heterocycles. The predicted molar refractivity (Wildman–Crippen MR) is 76.4 cm³/mol. The number of amides is 1. The highest BCUT2D eigenvalue weighted by molar-refractivity contribution is 5.79. The van der Waals surface area contributed by atoms with Gasteiger partial charge in [0.1, 0.15) is 5.65 Å². The largest absolute Gasteiger partial charge is 0.342 e. The number of imidazole rings is 1. The maximum absolute atomic E-state index is 12.4. The Bertz CT molecular complexity index is 705. The van der Waals surface area contributed by atoms with Crippen LogP contribution in [0.4, 0.5) is 0 Å². The van der Waals surface area contributed by atoms with E-state index in [-0.39, 0.29) is 5.91 Å². The molecule has 1 saturated carbocycles. The number of nitrogens with zero attached hydrogens (tertiary/aromatic N) is 3. The number of fused-ring (bicyclic) bond motifs is 2. The third-order valence-electron chi connectivity index (χ3n) is 5.02. The number of carbonyl (C=O) groups excluding carboxylic acids is 1. The first kappa shape index (κ1) is 11.9. The summed E-state index contributed by atoms with van der Waals surface area (Å²) in [6.07, 6.45) is 5.57. The quantitative estimate of drug-likeness (QED) is 0.837. The first-order chi connectivity index (χ1) is 9.57. The van der Waals surface area contributed by atoms with Crippen LogP contribution >= 0.6 is 0 Å². The number of pyridine rings is 1. The molecule has 2 unspecified atom stereocenters. The van der Waals surface area contributed by atoms with Crippen molar-refractivity contribution in [3.05, 3.63) is 35.8 Å². The molecule has 4 rings (SSSR count). The SMILES string of the molecule is Cc1cccn2c(CC(=O)N3CC4CC4(C)C3)cnc12. The summed E-state index contributed by atoms with van der Waals surface area (Å²) in [7, 11) is 0. The van der Waals surface area contributed by atoms with Crippen LogP contribution in [0.2, 0.25) is 0 Å². The van der Waals surface area contributed by atoms with Crippen molar-refractivity contribution >= 4 is 11.6 Å². The molecule has 4 heteroatoms. The molecular weight excluding hydrogens is 250 g/mol. The second-order valence-electron chi connectivity index (χ2n) is 6.64. The standard InChI is InChI=1S/C16H19N3O/c1-11-4-3-5-19-13(8-17-15(11)19)6-14(20)18-9-12-7-16(12,2)10-18/h3-5,8,12H,6-7,9-10H2,1-2H3. The zero-order chi connectivity index (χ0) is 13.9. The van der Waals surface area contributed by atoms with Gasteiger partial charge < -0.3 is 9.30 Å². The second kappa shape index (κ2) is 3.84. The molecule has 2 aliphatic rings. The molecular formula is C16H19N3O. The number of aryl methyl sites for hydroxylation is 1. The Labute approximate surface area is 118 Å². The second-order valence-corrected chi connectivity index (χ2v) is 6.64. The summed E-state index contributed by atoms with van der Waals surface area (Å²) < 4.78 is 2.03. The molecule has 2 aromatic rings. The van der Waals surface area contributed by atoms with E-state index in [1.165, 1.54) is 6.42 Å². The van der Waals surface area contributed by atoms with Gasteiger partial charge in [0, 0.05) is 25.5 Å². The molecule has 104 valence electrons. The molecule has 4 nitrogen and oxygen atoms in total. The van der Waals surface area contributed by atoms with Crippen LogP contribution in [-0.4, -0.2) is 33.3 Å². The molecule has 1 aliphatic carbocycles. The normalized spacial score (nSPS) is 27.9. The Morgan fingerprint density at radius 3 is 3.15 bits per heavy atom. The van der Waals surface area contributed by atoms with E-state index >= 15 is 0 Å². The van der Waals surface area contributed by atoms with Gasteiger partial charge in [-0.1, -0.05) is 13.0 Å². The van der Waals surface area contributed by atoms with E-state index in [0.717, 1.165) is 35.9 Å². The molecule has 0 bridgehead atoms. The van der Waals surface area contributed by atoms with Crippen LogP contribution in [0.5, 0.6) is 0 Å². The predicted octanol–water partition coefficient (Wildman–Crippen LogP) is 2.05. The summed E-state index contributed by atoms with van der Waals surface area (Å²) in [4.78, 5) is 18.9. The zero-order valence-corrected chi connectivity index (χ0v) is 12.0. The lowest BCUT2D eigenvalue weighted by Crippen LogP contribution is -2.32. The van der Waals surface area contributed by atoms with Gasteiger partial charge in [-0.2, -0.15) is 0 Å². The Morgan fingerprint density at radius 1 is 1.55 bits per heavy atom. The van der Waals surface area contributed by atoms with Crippen molar-refractivity contribution in [2.24, 2.45) is 11.3 Å². The molecule has 0 N–H and O–H groups in total. The van der Waals surface area contributed by atoms with Crippen molar-refractivity contribution in [3.8, 4) is 0 Å². The Hall–Kier alpha value is -1.84. The summed E-state index contributed by atoms with van der Waals surface area (Å²) in [5, 5.41) is 0. The Morgan fingerprint density at radius 2 is 2.40 bits per heavy atom. The van der Waals surface area contributed by atoms with Gasteiger partial charge in [-0.25, -0.2) is 4.98 Å². The van der Waals surface area contributed by atoms with Crippen LogP contribution in [0.15, 0.2) is 24.5 Å². The highest BCUT2D eigenvalue weighted by Crippen LogP contribution is 2.57. The summed E-state index contributed by atoms with van der Waals surface area (Å²) in [5.41, 5.74) is 3.50. The molecule has 0 aromatic carbocycles. The maximum Gasteiger partial charge on any atom is 0.228 e. The fourth-order valence-electron chi connectivity index (χ4n) is 3.54. The van der Waals surface area contributed by atoms with Crippen LogP contribution in [-0.2, 0) is 11.2 Å². The number of carbonyl (C=O) groups is 1. The zero-order valence-electron chi connectivity index (χ0n) is 12.0. The number of piperidine rings is 1. The molecule has 2 fully saturated rings. The molecule has 0 radical (unpaired) electrons. The smallest absolute Gasteiger partial charge is 0.228 e. The lowest BCUT2D eigenvalue weighted by molar-refractivity contribution is -0.130. The fourth-order valence-corrected chi connectivity index (χ4v) is 3.54. The lowest BCUT2D eigenvalue weighted by atomic mass is 10.1. The minimum Gasteiger partial charge on any atom is -0.342 e. The monoisotopic (exact) mass is 269 g/mol. The fraction of sp³-hybridized carbons (Fsp3) is 0.500. The van der Waals surface area contributed by atoms with E-state index < -0.39 is 0 Å². The van der Waals surface area contributed by atoms with Gasteiger partial charge in [0.2, 0.25) is 5.91 Å². The average Bonchev–Trinajstić information content (AvgIpc) is 2.76. The number of hydrogen-bond donors (Lipinski definition) is 0. The summed E-state index contributed by atoms with van der Waals surface area (Å²) in [6.45, 7) is 6.22. The van der Waals surface area contributed by atoms with Crippen LogP contribution < -0.4 is 0 Å². The van der Waals surface area contributed by atoms with E-state index in [1.807, 2.05) is 40.8 Å². The van der Waals surface area contributed by atoms with Gasteiger partial charge >= 0.3 is 0 Å². The first-order valence-corrected chi connectivity index (χ1v) is 7.26. The van der Waals surface area contributed by atoms with Gasteiger partial charge in [0.05, 0.1) is 12.1 Å². The summed E-state index contributed by atoms with van der Waals surface area (Å²) in [5.74, 6) is 0.984. The number of rotatable bonds is 2. The van der Waals surface area contributed by atoms with Crippen LogP contribution in [0, 0.1) is 18.3 Å². The molecule has 1 amide bonds. The van der Waals surface area contributed by atoms with Crippen molar-refractivity contribution in [2.75, 3.05) is 13.1 Å². The molecule has 20 heavy (non-hydrogen) atoms. The van der Waals surface area contributed by atoms with Crippen molar-refractivity contribution in [2.45, 2.75) is 26.7 Å². The molecule has 2 aromatic heterocycles. The topological polar surface area (TPSA) is 37.6 Å². The van der Waals surface area contributed by atoms with Gasteiger partial charge in [-0.05, 0) is 36.3 Å².